The van der Waals surface area contributed by atoms with E-state index in [1.54, 1.807) is 11.0 Å². The van der Waals surface area contributed by atoms with E-state index in [4.69, 9.17) is 11.6 Å². The molecule has 1 heterocycles. The Hall–Kier alpha value is -1.55. The summed E-state index contributed by atoms with van der Waals surface area (Å²) in [4.78, 5) is 25.1. The van der Waals surface area contributed by atoms with Crippen LogP contribution in [0.1, 0.15) is 29.3 Å². The lowest BCUT2D eigenvalue weighted by Gasteiger charge is -2.17. The fourth-order valence-electron chi connectivity index (χ4n) is 2.32. The van der Waals surface area contributed by atoms with Gasteiger partial charge in [0.25, 0.3) is 5.91 Å². The summed E-state index contributed by atoms with van der Waals surface area (Å²) in [6.45, 7) is 2.74. The first-order chi connectivity index (χ1) is 9.10. The van der Waals surface area contributed by atoms with E-state index in [9.17, 15) is 9.59 Å². The van der Waals surface area contributed by atoms with E-state index >= 15 is 0 Å². The van der Waals surface area contributed by atoms with E-state index < -0.39 is 0 Å². The average Bonchev–Trinajstić information content (AvgIpc) is 2.85. The Kier molecular flexibility index (Phi) is 4.43. The number of alkyl halides is 1. The van der Waals surface area contributed by atoms with Crippen molar-refractivity contribution in [1.29, 1.82) is 0 Å². The van der Waals surface area contributed by atoms with Gasteiger partial charge in [-0.3, -0.25) is 9.59 Å². The molecule has 0 aliphatic carbocycles. The molecule has 0 radical (unpaired) electrons. The number of hydrogen-bond acceptors (Lipinski definition) is 2. The molecule has 0 bridgehead atoms. The first-order valence-electron chi connectivity index (χ1n) is 6.31. The summed E-state index contributed by atoms with van der Waals surface area (Å²) in [6, 6.07) is 7.42. The molecule has 1 aliphatic heterocycles. The van der Waals surface area contributed by atoms with Crippen molar-refractivity contribution in [3.8, 4) is 0 Å². The van der Waals surface area contributed by atoms with Crippen LogP contribution in [-0.4, -0.2) is 35.8 Å². The molecule has 1 N–H and O–H groups in total. The van der Waals surface area contributed by atoms with Crippen molar-refractivity contribution >= 4 is 23.4 Å². The van der Waals surface area contributed by atoms with Crippen molar-refractivity contribution in [3.05, 3.63) is 35.4 Å². The SMILES string of the molecule is CC(=O)NC1CCN(C(=O)c2cccc(CCl)c2)C1. The van der Waals surface area contributed by atoms with Crippen molar-refractivity contribution < 1.29 is 9.59 Å². The molecule has 4 nitrogen and oxygen atoms in total. The van der Waals surface area contributed by atoms with Crippen LogP contribution in [0, 0.1) is 0 Å². The number of rotatable bonds is 3. The zero-order valence-electron chi connectivity index (χ0n) is 10.9. The molecule has 2 rings (SSSR count). The topological polar surface area (TPSA) is 49.4 Å². The minimum Gasteiger partial charge on any atom is -0.352 e. The van der Waals surface area contributed by atoms with Crippen LogP contribution in [0.25, 0.3) is 0 Å². The molecule has 5 heteroatoms. The maximum atomic E-state index is 12.3. The summed E-state index contributed by atoms with van der Waals surface area (Å²) in [6.07, 6.45) is 0.806. The molecular formula is C14H17ClN2O2. The van der Waals surface area contributed by atoms with E-state index in [0.29, 0.717) is 24.5 Å². The molecule has 0 saturated carbocycles. The first kappa shape index (κ1) is 13.9. The van der Waals surface area contributed by atoms with Gasteiger partial charge in [-0.1, -0.05) is 12.1 Å². The summed E-state index contributed by atoms with van der Waals surface area (Å²) in [5.74, 6) is 0.346. The number of benzene rings is 1. The third kappa shape index (κ3) is 3.47. The molecule has 1 aromatic carbocycles. The molecule has 1 atom stereocenters. The summed E-state index contributed by atoms with van der Waals surface area (Å²) in [5, 5.41) is 2.85. The normalized spacial score (nSPS) is 18.4. The van der Waals surface area contributed by atoms with Gasteiger partial charge in [-0.25, -0.2) is 0 Å². The molecule has 2 amide bonds. The van der Waals surface area contributed by atoms with Gasteiger partial charge < -0.3 is 10.2 Å². The van der Waals surface area contributed by atoms with Crippen molar-refractivity contribution in [3.63, 3.8) is 0 Å². The molecule has 1 fully saturated rings. The summed E-state index contributed by atoms with van der Waals surface area (Å²) >= 11 is 5.77. The van der Waals surface area contributed by atoms with Gasteiger partial charge in [0.15, 0.2) is 0 Å². The van der Waals surface area contributed by atoms with Gasteiger partial charge in [0, 0.05) is 37.5 Å². The number of carbonyl (C=O) groups excluding carboxylic acids is 2. The minimum atomic E-state index is -0.0524. The van der Waals surface area contributed by atoms with Gasteiger partial charge in [0.05, 0.1) is 0 Å². The van der Waals surface area contributed by atoms with Crippen molar-refractivity contribution in [2.24, 2.45) is 0 Å². The van der Waals surface area contributed by atoms with E-state index in [1.807, 2.05) is 18.2 Å². The lowest BCUT2D eigenvalue weighted by molar-refractivity contribution is -0.119. The van der Waals surface area contributed by atoms with Crippen LogP contribution in [0.15, 0.2) is 24.3 Å². The third-order valence-electron chi connectivity index (χ3n) is 3.21. The van der Waals surface area contributed by atoms with Crippen LogP contribution < -0.4 is 5.32 Å². The molecule has 0 spiro atoms. The van der Waals surface area contributed by atoms with E-state index in [2.05, 4.69) is 5.32 Å². The van der Waals surface area contributed by atoms with Gasteiger partial charge in [-0.05, 0) is 24.1 Å². The number of likely N-dealkylation sites (tertiary alicyclic amines) is 1. The molecule has 19 heavy (non-hydrogen) atoms. The number of halogens is 1. The van der Waals surface area contributed by atoms with Gasteiger partial charge in [-0.15, -0.1) is 11.6 Å². The average molecular weight is 281 g/mol. The van der Waals surface area contributed by atoms with Crippen LogP contribution in [0.5, 0.6) is 0 Å². The predicted octanol–water partition coefficient (Wildman–Crippen LogP) is 1.78. The Morgan fingerprint density at radius 1 is 1.47 bits per heavy atom. The highest BCUT2D eigenvalue weighted by molar-refractivity contribution is 6.17. The van der Waals surface area contributed by atoms with E-state index in [-0.39, 0.29) is 17.9 Å². The number of carbonyl (C=O) groups is 2. The fourth-order valence-corrected chi connectivity index (χ4v) is 2.49. The molecule has 1 saturated heterocycles. The molecule has 0 aromatic heterocycles. The molecule has 1 aliphatic rings. The molecule has 1 aromatic rings. The standard InChI is InChI=1S/C14H17ClN2O2/c1-10(18)16-13-5-6-17(9-13)14(19)12-4-2-3-11(7-12)8-15/h2-4,7,13H,5-6,8-9H2,1H3,(H,16,18). The summed E-state index contributed by atoms with van der Waals surface area (Å²) in [5.41, 5.74) is 1.59. The lowest BCUT2D eigenvalue weighted by atomic mass is 10.1. The molecule has 102 valence electrons. The Labute approximate surface area is 117 Å². The second kappa shape index (κ2) is 6.06. The highest BCUT2D eigenvalue weighted by Gasteiger charge is 2.27. The Bertz CT molecular complexity index is 490. The number of hydrogen-bond donors (Lipinski definition) is 1. The van der Waals surface area contributed by atoms with Crippen LogP contribution >= 0.6 is 11.6 Å². The van der Waals surface area contributed by atoms with Crippen LogP contribution in [0.4, 0.5) is 0 Å². The van der Waals surface area contributed by atoms with Crippen LogP contribution in [0.3, 0.4) is 0 Å². The zero-order chi connectivity index (χ0) is 13.8. The van der Waals surface area contributed by atoms with Crippen molar-refractivity contribution in [1.82, 2.24) is 10.2 Å². The number of nitrogens with zero attached hydrogens (tertiary/aromatic N) is 1. The van der Waals surface area contributed by atoms with Gasteiger partial charge in [0.2, 0.25) is 5.91 Å². The second-order valence-electron chi connectivity index (χ2n) is 4.77. The van der Waals surface area contributed by atoms with Gasteiger partial charge >= 0.3 is 0 Å². The number of nitrogens with one attached hydrogen (secondary N) is 1. The smallest absolute Gasteiger partial charge is 0.253 e. The largest absolute Gasteiger partial charge is 0.352 e. The minimum absolute atomic E-state index is 0.000168. The number of amides is 2. The second-order valence-corrected chi connectivity index (χ2v) is 5.04. The monoisotopic (exact) mass is 280 g/mol. The van der Waals surface area contributed by atoms with Crippen LogP contribution in [-0.2, 0) is 10.7 Å². The van der Waals surface area contributed by atoms with Crippen molar-refractivity contribution in [2.45, 2.75) is 25.3 Å². The highest BCUT2D eigenvalue weighted by atomic mass is 35.5. The van der Waals surface area contributed by atoms with Gasteiger partial charge in [-0.2, -0.15) is 0 Å². The Morgan fingerprint density at radius 2 is 2.26 bits per heavy atom. The van der Waals surface area contributed by atoms with Crippen LogP contribution in [0.2, 0.25) is 0 Å². The Balaban J connectivity index is 2.02. The Morgan fingerprint density at radius 3 is 2.95 bits per heavy atom. The summed E-state index contributed by atoms with van der Waals surface area (Å²) < 4.78 is 0. The first-order valence-corrected chi connectivity index (χ1v) is 6.85. The predicted molar refractivity (Wildman–Crippen MR) is 74.1 cm³/mol. The molecular weight excluding hydrogens is 264 g/mol. The maximum absolute atomic E-state index is 12.3. The fraction of sp³-hybridized carbons (Fsp3) is 0.429. The molecule has 1 unspecified atom stereocenters. The summed E-state index contributed by atoms with van der Waals surface area (Å²) in [7, 11) is 0. The maximum Gasteiger partial charge on any atom is 0.253 e. The lowest BCUT2D eigenvalue weighted by Crippen LogP contribution is -2.37. The van der Waals surface area contributed by atoms with E-state index in [0.717, 1.165) is 12.0 Å². The third-order valence-corrected chi connectivity index (χ3v) is 3.52. The van der Waals surface area contributed by atoms with Gasteiger partial charge in [0.1, 0.15) is 0 Å². The highest BCUT2D eigenvalue weighted by Crippen LogP contribution is 2.15. The van der Waals surface area contributed by atoms with E-state index in [1.165, 1.54) is 6.92 Å². The zero-order valence-corrected chi connectivity index (χ0v) is 11.6. The van der Waals surface area contributed by atoms with Crippen molar-refractivity contribution in [2.75, 3.05) is 13.1 Å². The quantitative estimate of drug-likeness (QED) is 0.858.